The Kier molecular flexibility index (Phi) is 8.06. The predicted octanol–water partition coefficient (Wildman–Crippen LogP) is -1.54. The van der Waals surface area contributed by atoms with Crippen molar-refractivity contribution in [2.45, 2.75) is 65.7 Å². The molecule has 0 radical (unpaired) electrons. The molecule has 2 rings (SSSR count). The number of aromatic nitrogens is 3. The molecule has 2 N–H and O–H groups in total. The number of hydrogen-bond donors (Lipinski definition) is 1. The molecule has 0 aliphatic rings. The fraction of sp³-hybridized carbons (Fsp3) is 0.611. The number of rotatable bonds is 3. The van der Waals surface area contributed by atoms with E-state index in [-0.39, 0.29) is 10.8 Å². The molecular formula is C18H29ClN4O4S. The van der Waals surface area contributed by atoms with E-state index in [1.165, 1.54) is 17.0 Å². The molecule has 0 aliphatic carbocycles. The van der Waals surface area contributed by atoms with Crippen molar-refractivity contribution in [3.05, 3.63) is 34.1 Å². The van der Waals surface area contributed by atoms with Gasteiger partial charge in [-0.2, -0.15) is 4.57 Å². The van der Waals surface area contributed by atoms with Gasteiger partial charge < -0.3 is 5.73 Å². The third kappa shape index (κ3) is 7.67. The number of nitrogens with zero attached hydrogens (tertiary/aromatic N) is 3. The van der Waals surface area contributed by atoms with Crippen LogP contribution in [0.25, 0.3) is 5.13 Å². The van der Waals surface area contributed by atoms with Crippen molar-refractivity contribution in [3.63, 3.8) is 0 Å². The highest BCUT2D eigenvalue weighted by atomic mass is 35.7. The van der Waals surface area contributed by atoms with E-state index >= 15 is 0 Å². The zero-order valence-electron chi connectivity index (χ0n) is 17.4. The second-order valence-corrected chi connectivity index (χ2v) is 10.3. The van der Waals surface area contributed by atoms with Crippen LogP contribution in [0.2, 0.25) is 0 Å². The standard InChI is InChI=1S/C18H29N4S.ClHO4/c1-12-10-13(17(2,3)4)22(14(11-12)18(5,6)7)16-21-20-15(23-16)8-9-19;2-1(3,4)5/h10-11H,8-9,19H2,1-7H3;(H,2,3,4,5)/q+1;/p-1. The Bertz CT molecular complexity index is 751. The van der Waals surface area contributed by atoms with Gasteiger partial charge in [-0.15, -0.1) is 10.2 Å². The lowest BCUT2D eigenvalue weighted by Gasteiger charge is -2.26. The second kappa shape index (κ2) is 9.08. The fourth-order valence-corrected chi connectivity index (χ4v) is 3.48. The maximum absolute atomic E-state index is 8.49. The summed E-state index contributed by atoms with van der Waals surface area (Å²) >= 11 is 1.64. The largest absolute Gasteiger partial charge is 0.415 e. The second-order valence-electron chi connectivity index (χ2n) is 8.53. The summed E-state index contributed by atoms with van der Waals surface area (Å²) in [6.07, 6.45) is 0.778. The SMILES string of the molecule is Cc1cc(C(C)(C)C)[n+](-c2nnc(CCN)s2)c(C(C)(C)C)c1.[O-][Cl+3]([O-])([O-])[O-]. The molecule has 8 nitrogen and oxygen atoms in total. The van der Waals surface area contributed by atoms with Crippen LogP contribution in [0, 0.1) is 17.2 Å². The minimum Gasteiger partial charge on any atom is -0.330 e. The average Bonchev–Trinajstić information content (AvgIpc) is 2.91. The molecule has 0 aromatic carbocycles. The van der Waals surface area contributed by atoms with Crippen LogP contribution in [0.3, 0.4) is 0 Å². The van der Waals surface area contributed by atoms with Crippen molar-refractivity contribution < 1.29 is 33.4 Å². The third-order valence-corrected chi connectivity index (χ3v) is 4.72. The highest BCUT2D eigenvalue weighted by Crippen LogP contribution is 2.28. The highest BCUT2D eigenvalue weighted by Gasteiger charge is 2.33. The minimum absolute atomic E-state index is 0.0196. The van der Waals surface area contributed by atoms with Crippen LogP contribution in [-0.4, -0.2) is 16.7 Å². The first-order valence-electron chi connectivity index (χ1n) is 8.76. The lowest BCUT2D eigenvalue weighted by molar-refractivity contribution is -2.00. The van der Waals surface area contributed by atoms with Gasteiger partial charge in [0, 0.05) is 17.3 Å². The minimum atomic E-state index is -4.94. The van der Waals surface area contributed by atoms with E-state index in [2.05, 4.69) is 75.4 Å². The van der Waals surface area contributed by atoms with Gasteiger partial charge in [0.25, 0.3) is 0 Å². The Balaban J connectivity index is 0.000000696. The van der Waals surface area contributed by atoms with Crippen LogP contribution in [0.1, 0.15) is 63.5 Å². The predicted molar refractivity (Wildman–Crippen MR) is 96.3 cm³/mol. The average molecular weight is 433 g/mol. The molecule has 0 bridgehead atoms. The van der Waals surface area contributed by atoms with E-state index < -0.39 is 10.2 Å². The molecule has 10 heteroatoms. The Labute approximate surface area is 172 Å². The molecule has 0 saturated heterocycles. The van der Waals surface area contributed by atoms with Gasteiger partial charge in [-0.3, -0.25) is 0 Å². The van der Waals surface area contributed by atoms with Crippen LogP contribution in [0.5, 0.6) is 0 Å². The summed E-state index contributed by atoms with van der Waals surface area (Å²) in [6, 6.07) is 4.53. The van der Waals surface area contributed by atoms with Gasteiger partial charge in [-0.25, -0.2) is 18.6 Å². The molecule has 0 aliphatic heterocycles. The van der Waals surface area contributed by atoms with E-state index in [4.69, 9.17) is 24.4 Å². The molecule has 0 atom stereocenters. The van der Waals surface area contributed by atoms with Gasteiger partial charge >= 0.3 is 5.13 Å². The Morgan fingerprint density at radius 2 is 1.39 bits per heavy atom. The number of halogens is 1. The summed E-state index contributed by atoms with van der Waals surface area (Å²) < 4.78 is 36.3. The smallest absolute Gasteiger partial charge is 0.330 e. The van der Waals surface area contributed by atoms with Gasteiger partial charge in [-0.05, 0) is 47.6 Å². The first-order chi connectivity index (χ1) is 12.5. The zero-order valence-corrected chi connectivity index (χ0v) is 19.0. The van der Waals surface area contributed by atoms with Crippen LogP contribution in [-0.2, 0) is 17.3 Å². The van der Waals surface area contributed by atoms with Crippen molar-refractivity contribution >= 4 is 11.3 Å². The molecule has 158 valence electrons. The van der Waals surface area contributed by atoms with Crippen molar-refractivity contribution in [2.24, 2.45) is 5.73 Å². The van der Waals surface area contributed by atoms with E-state index in [9.17, 15) is 0 Å². The summed E-state index contributed by atoms with van der Waals surface area (Å²) in [5, 5.41) is 10.7. The summed E-state index contributed by atoms with van der Waals surface area (Å²) in [4.78, 5) is 0. The first kappa shape index (κ1) is 24.8. The molecular weight excluding hydrogens is 404 g/mol. The topological polar surface area (TPSA) is 148 Å². The van der Waals surface area contributed by atoms with Crippen molar-refractivity contribution in [3.8, 4) is 5.13 Å². The van der Waals surface area contributed by atoms with E-state index in [1.54, 1.807) is 11.3 Å². The maximum Gasteiger partial charge on any atom is 0.415 e. The third-order valence-electron chi connectivity index (χ3n) is 3.75. The first-order valence-corrected chi connectivity index (χ1v) is 10.8. The Hall–Kier alpha value is -1.20. The lowest BCUT2D eigenvalue weighted by atomic mass is 9.86. The van der Waals surface area contributed by atoms with Gasteiger partial charge in [0.1, 0.15) is 16.4 Å². The molecule has 0 unspecified atom stereocenters. The molecule has 0 fully saturated rings. The van der Waals surface area contributed by atoms with Crippen molar-refractivity contribution in [1.82, 2.24) is 10.2 Å². The molecule has 28 heavy (non-hydrogen) atoms. The molecule has 0 saturated carbocycles. The summed E-state index contributed by atoms with van der Waals surface area (Å²) in [5.74, 6) is 0. The summed E-state index contributed by atoms with van der Waals surface area (Å²) in [6.45, 7) is 16.2. The van der Waals surface area contributed by atoms with Gasteiger partial charge in [0.2, 0.25) is 0 Å². The van der Waals surface area contributed by atoms with Gasteiger partial charge in [0.05, 0.1) is 5.10 Å². The van der Waals surface area contributed by atoms with E-state index in [1.807, 2.05) is 0 Å². The molecule has 2 heterocycles. The molecule has 0 spiro atoms. The van der Waals surface area contributed by atoms with E-state index in [0.29, 0.717) is 6.54 Å². The van der Waals surface area contributed by atoms with E-state index in [0.717, 1.165) is 16.6 Å². The zero-order chi connectivity index (χ0) is 21.9. The fourth-order valence-electron chi connectivity index (χ4n) is 2.60. The molecule has 0 amide bonds. The Morgan fingerprint density at radius 3 is 1.75 bits per heavy atom. The van der Waals surface area contributed by atoms with Crippen molar-refractivity contribution in [2.75, 3.05) is 6.54 Å². The number of hydrogen-bond acceptors (Lipinski definition) is 8. The molecule has 2 aromatic rings. The van der Waals surface area contributed by atoms with Crippen LogP contribution in [0.15, 0.2) is 12.1 Å². The van der Waals surface area contributed by atoms with Gasteiger partial charge in [0.15, 0.2) is 0 Å². The number of nitrogens with two attached hydrogens (primary N) is 1. The number of pyridine rings is 1. The van der Waals surface area contributed by atoms with Crippen LogP contribution < -0.4 is 28.9 Å². The van der Waals surface area contributed by atoms with Crippen LogP contribution >= 0.6 is 11.3 Å². The quantitative estimate of drug-likeness (QED) is 0.578. The summed E-state index contributed by atoms with van der Waals surface area (Å²) in [5.41, 5.74) is 9.50. The van der Waals surface area contributed by atoms with Gasteiger partial charge in [-0.1, -0.05) is 41.5 Å². The molecule has 2 aromatic heterocycles. The Morgan fingerprint density at radius 1 is 0.964 bits per heavy atom. The monoisotopic (exact) mass is 432 g/mol. The summed E-state index contributed by atoms with van der Waals surface area (Å²) in [7, 11) is -4.94. The normalized spacial score (nSPS) is 12.6. The number of aryl methyl sites for hydroxylation is 1. The maximum atomic E-state index is 8.49. The van der Waals surface area contributed by atoms with Crippen LogP contribution in [0.4, 0.5) is 0 Å². The van der Waals surface area contributed by atoms with Crippen molar-refractivity contribution in [1.29, 1.82) is 0 Å². The highest BCUT2D eigenvalue weighted by molar-refractivity contribution is 7.13. The lowest BCUT2D eigenvalue weighted by Crippen LogP contribution is -2.68.